The molecule has 0 rings (SSSR count). The maximum absolute atomic E-state index is 10.6. The summed E-state index contributed by atoms with van der Waals surface area (Å²) in [7, 11) is 0. The van der Waals surface area contributed by atoms with Crippen LogP contribution in [-0.2, 0) is 9.53 Å². The van der Waals surface area contributed by atoms with Gasteiger partial charge in [-0.1, -0.05) is 31.7 Å². The van der Waals surface area contributed by atoms with E-state index in [1.165, 1.54) is 13.2 Å². The molecule has 0 aliphatic carbocycles. The van der Waals surface area contributed by atoms with E-state index in [0.29, 0.717) is 0 Å². The number of hydrogen-bond acceptors (Lipinski definition) is 2. The summed E-state index contributed by atoms with van der Waals surface area (Å²) in [6, 6.07) is 0. The molecule has 0 N–H and O–H groups in total. The summed E-state index contributed by atoms with van der Waals surface area (Å²) in [6.45, 7) is 13.0. The Morgan fingerprint density at radius 2 is 2.06 bits per heavy atom. The van der Waals surface area contributed by atoms with Crippen LogP contribution in [0.3, 0.4) is 0 Å². The van der Waals surface area contributed by atoms with Crippen LogP contribution in [0.15, 0.2) is 42.9 Å². The molecule has 0 heterocycles. The van der Waals surface area contributed by atoms with E-state index in [1.54, 1.807) is 0 Å². The van der Waals surface area contributed by atoms with Gasteiger partial charge in [0.15, 0.2) is 0 Å². The molecule has 2 heteroatoms. The first-order valence-corrected chi connectivity index (χ1v) is 5.26. The molecule has 0 aliphatic rings. The van der Waals surface area contributed by atoms with Crippen molar-refractivity contribution in [1.29, 1.82) is 0 Å². The zero-order valence-corrected chi connectivity index (χ0v) is 10.4. The third kappa shape index (κ3) is 6.86. The van der Waals surface area contributed by atoms with E-state index >= 15 is 0 Å². The molecule has 0 atom stereocenters. The predicted molar refractivity (Wildman–Crippen MR) is 66.8 cm³/mol. The first-order chi connectivity index (χ1) is 7.41. The van der Waals surface area contributed by atoms with Gasteiger partial charge < -0.3 is 4.74 Å². The normalized spacial score (nSPS) is 9.94. The number of carbonyl (C=O) groups excluding carboxylic acids is 1. The van der Waals surface area contributed by atoms with Gasteiger partial charge in [0.05, 0.1) is 0 Å². The first-order valence-electron chi connectivity index (χ1n) is 5.26. The molecular weight excluding hydrogens is 200 g/mol. The van der Waals surface area contributed by atoms with Crippen LogP contribution in [0, 0.1) is 5.41 Å². The van der Waals surface area contributed by atoms with E-state index in [4.69, 9.17) is 4.74 Å². The topological polar surface area (TPSA) is 26.3 Å². The van der Waals surface area contributed by atoms with Gasteiger partial charge in [-0.25, -0.2) is 0 Å². The summed E-state index contributed by atoms with van der Waals surface area (Å²) >= 11 is 0. The van der Waals surface area contributed by atoms with Gasteiger partial charge in [-0.05, 0) is 23.8 Å². The van der Waals surface area contributed by atoms with E-state index in [1.807, 2.05) is 12.2 Å². The van der Waals surface area contributed by atoms with E-state index in [9.17, 15) is 4.79 Å². The van der Waals surface area contributed by atoms with Gasteiger partial charge in [0.2, 0.25) is 0 Å². The van der Waals surface area contributed by atoms with Crippen LogP contribution in [-0.4, -0.2) is 5.97 Å². The molecule has 88 valence electrons. The van der Waals surface area contributed by atoms with Crippen LogP contribution >= 0.6 is 0 Å². The van der Waals surface area contributed by atoms with Gasteiger partial charge in [0, 0.05) is 6.92 Å². The number of esters is 1. The van der Waals surface area contributed by atoms with Gasteiger partial charge in [-0.15, -0.1) is 13.2 Å². The van der Waals surface area contributed by atoms with Gasteiger partial charge in [0.25, 0.3) is 0 Å². The van der Waals surface area contributed by atoms with Crippen molar-refractivity contribution in [2.75, 3.05) is 0 Å². The molecule has 0 spiro atoms. The van der Waals surface area contributed by atoms with E-state index in [0.717, 1.165) is 18.4 Å². The van der Waals surface area contributed by atoms with Gasteiger partial charge in [-0.2, -0.15) is 0 Å². The first kappa shape index (κ1) is 14.5. The maximum atomic E-state index is 10.6. The lowest BCUT2D eigenvalue weighted by molar-refractivity contribution is -0.135. The van der Waals surface area contributed by atoms with Crippen molar-refractivity contribution in [2.45, 2.75) is 33.6 Å². The number of rotatable bonds is 6. The Kier molecular flexibility index (Phi) is 6.21. The summed E-state index contributed by atoms with van der Waals surface area (Å²) < 4.78 is 4.71. The monoisotopic (exact) mass is 220 g/mol. The highest BCUT2D eigenvalue weighted by Gasteiger charge is 2.14. The lowest BCUT2D eigenvalue weighted by Crippen LogP contribution is -2.07. The Balaban J connectivity index is 4.72. The van der Waals surface area contributed by atoms with E-state index in [2.05, 4.69) is 32.7 Å². The van der Waals surface area contributed by atoms with Crippen molar-refractivity contribution in [1.82, 2.24) is 0 Å². The molecule has 2 nitrogen and oxygen atoms in total. The van der Waals surface area contributed by atoms with Crippen LogP contribution in [0.25, 0.3) is 0 Å². The lowest BCUT2D eigenvalue weighted by atomic mass is 9.85. The average molecular weight is 220 g/mol. The minimum absolute atomic E-state index is 0.00933. The smallest absolute Gasteiger partial charge is 0.308 e. The van der Waals surface area contributed by atoms with Crippen molar-refractivity contribution < 1.29 is 9.53 Å². The van der Waals surface area contributed by atoms with Crippen LogP contribution < -0.4 is 0 Å². The van der Waals surface area contributed by atoms with Crippen molar-refractivity contribution in [2.24, 2.45) is 5.41 Å². The van der Waals surface area contributed by atoms with Gasteiger partial charge >= 0.3 is 5.97 Å². The zero-order chi connectivity index (χ0) is 12.6. The summed E-state index contributed by atoms with van der Waals surface area (Å²) in [6.07, 6.45) is 6.57. The largest absolute Gasteiger partial charge is 0.426 e. The summed E-state index contributed by atoms with van der Waals surface area (Å²) in [5.74, 6) is -0.339. The van der Waals surface area contributed by atoms with Crippen LogP contribution in [0.1, 0.15) is 33.6 Å². The SMILES string of the molecule is C=CCC(=C=COC(C)=O)CC(C)(C)C=C. The predicted octanol–water partition coefficient (Wildman–Crippen LogP) is 3.77. The Morgan fingerprint density at radius 1 is 1.44 bits per heavy atom. The maximum Gasteiger partial charge on any atom is 0.308 e. The highest BCUT2D eigenvalue weighted by Crippen LogP contribution is 2.27. The molecular formula is C14H20O2. The molecule has 0 unspecified atom stereocenters. The molecule has 0 aromatic carbocycles. The van der Waals surface area contributed by atoms with Crippen LogP contribution in [0.2, 0.25) is 0 Å². The minimum Gasteiger partial charge on any atom is -0.426 e. The summed E-state index contributed by atoms with van der Waals surface area (Å²) in [5, 5.41) is 0. The van der Waals surface area contributed by atoms with Gasteiger partial charge in [0.1, 0.15) is 6.26 Å². The molecule has 0 saturated heterocycles. The van der Waals surface area contributed by atoms with Crippen molar-refractivity contribution in [3.05, 3.63) is 42.9 Å². The number of carbonyl (C=O) groups is 1. The van der Waals surface area contributed by atoms with Crippen molar-refractivity contribution >= 4 is 5.97 Å². The standard InChI is InChI=1S/C14H20O2/c1-6-8-13(9-10-16-12(3)15)11-14(4,5)7-2/h6-7,10H,1-2,8,11H2,3-5H3. The lowest BCUT2D eigenvalue weighted by Gasteiger charge is -2.19. The highest BCUT2D eigenvalue weighted by molar-refractivity contribution is 5.66. The van der Waals surface area contributed by atoms with Crippen LogP contribution in [0.5, 0.6) is 0 Å². The second-order valence-corrected chi connectivity index (χ2v) is 4.34. The molecule has 0 aromatic rings. The number of allylic oxidation sites excluding steroid dienone is 3. The molecule has 0 amide bonds. The minimum atomic E-state index is -0.339. The summed E-state index contributed by atoms with van der Waals surface area (Å²) in [4.78, 5) is 10.6. The fourth-order valence-electron chi connectivity index (χ4n) is 1.17. The Morgan fingerprint density at radius 3 is 2.50 bits per heavy atom. The van der Waals surface area contributed by atoms with E-state index in [-0.39, 0.29) is 11.4 Å². The molecule has 0 aromatic heterocycles. The molecule has 0 radical (unpaired) electrons. The fourth-order valence-corrected chi connectivity index (χ4v) is 1.17. The van der Waals surface area contributed by atoms with Crippen molar-refractivity contribution in [3.8, 4) is 0 Å². The van der Waals surface area contributed by atoms with Crippen LogP contribution in [0.4, 0.5) is 0 Å². The average Bonchev–Trinajstić information content (AvgIpc) is 2.17. The van der Waals surface area contributed by atoms with Gasteiger partial charge in [-0.3, -0.25) is 4.79 Å². The second-order valence-electron chi connectivity index (χ2n) is 4.34. The van der Waals surface area contributed by atoms with Crippen molar-refractivity contribution in [3.63, 3.8) is 0 Å². The number of hydrogen-bond donors (Lipinski definition) is 0. The molecule has 0 fully saturated rings. The Bertz CT molecular complexity index is 329. The fraction of sp³-hybridized carbons (Fsp3) is 0.429. The molecule has 16 heavy (non-hydrogen) atoms. The number of ether oxygens (including phenoxy) is 1. The Hall–Kier alpha value is -1.53. The Labute approximate surface area is 98.0 Å². The molecule has 0 aliphatic heterocycles. The molecule has 0 bridgehead atoms. The highest BCUT2D eigenvalue weighted by atomic mass is 16.5. The molecule has 0 saturated carbocycles. The second kappa shape index (κ2) is 6.86. The third-order valence-electron chi connectivity index (χ3n) is 2.10. The third-order valence-corrected chi connectivity index (χ3v) is 2.10. The quantitative estimate of drug-likeness (QED) is 0.295. The zero-order valence-electron chi connectivity index (χ0n) is 10.4. The summed E-state index contributed by atoms with van der Waals surface area (Å²) in [5.41, 5.74) is 4.02. The van der Waals surface area contributed by atoms with E-state index < -0.39 is 0 Å².